The molecule has 0 spiro atoms. The first kappa shape index (κ1) is 17.4. The second-order valence-corrected chi connectivity index (χ2v) is 10.4. The van der Waals surface area contributed by atoms with Crippen molar-refractivity contribution in [2.75, 3.05) is 16.4 Å². The van der Waals surface area contributed by atoms with Crippen LogP contribution in [0.5, 0.6) is 0 Å². The number of carbonyl (C=O) groups excluding carboxylic acids is 1. The molecule has 0 N–H and O–H groups in total. The topological polar surface area (TPSA) is 66.8 Å². The second-order valence-electron chi connectivity index (χ2n) is 7.07. The maximum Gasteiger partial charge on any atom is 0.253 e. The van der Waals surface area contributed by atoms with Crippen LogP contribution in [0.1, 0.15) is 20.8 Å². The van der Waals surface area contributed by atoms with Gasteiger partial charge in [-0.15, -0.1) is 0 Å². The van der Waals surface area contributed by atoms with E-state index in [-0.39, 0.29) is 28.4 Å². The summed E-state index contributed by atoms with van der Waals surface area (Å²) < 4.78 is 38.2. The summed E-state index contributed by atoms with van der Waals surface area (Å²) in [6.07, 6.45) is 0. The zero-order chi connectivity index (χ0) is 17.7. The minimum absolute atomic E-state index is 0.0238. The number of carbonyl (C=O) groups is 1. The van der Waals surface area contributed by atoms with E-state index in [1.807, 2.05) is 0 Å². The van der Waals surface area contributed by atoms with E-state index in [4.69, 9.17) is 0 Å². The van der Waals surface area contributed by atoms with E-state index in [0.717, 1.165) is 0 Å². The Kier molecular flexibility index (Phi) is 4.24. The molecule has 2 aliphatic heterocycles. The molecule has 0 bridgehead atoms. The van der Waals surface area contributed by atoms with Gasteiger partial charge in [-0.3, -0.25) is 4.79 Å². The van der Waals surface area contributed by atoms with Crippen LogP contribution in [0.3, 0.4) is 0 Å². The number of thioether (sulfide) groups is 1. The molecule has 3 rings (SSSR count). The highest BCUT2D eigenvalue weighted by molar-refractivity contribution is 8.16. The van der Waals surface area contributed by atoms with E-state index >= 15 is 0 Å². The van der Waals surface area contributed by atoms with Crippen LogP contribution in [0.25, 0.3) is 0 Å². The number of sulfone groups is 1. The summed E-state index contributed by atoms with van der Waals surface area (Å²) in [6, 6.07) is 5.76. The minimum atomic E-state index is -3.16. The first-order chi connectivity index (χ1) is 11.1. The van der Waals surface area contributed by atoms with E-state index < -0.39 is 27.1 Å². The molecule has 2 heterocycles. The largest absolute Gasteiger partial charge is 0.313 e. The van der Waals surface area contributed by atoms with Crippen molar-refractivity contribution in [1.82, 2.24) is 0 Å². The van der Waals surface area contributed by atoms with E-state index in [9.17, 15) is 17.6 Å². The summed E-state index contributed by atoms with van der Waals surface area (Å²) in [6.45, 7) is 5.28. The predicted octanol–water partition coefficient (Wildman–Crippen LogP) is 2.47. The SMILES string of the molecule is CC(C)(C)C(=O)N=C1S[C@@H]2CS(=O)(=O)C[C@H]2N1c1ccccc1F. The maximum atomic E-state index is 14.3. The quantitative estimate of drug-likeness (QED) is 0.760. The van der Waals surface area contributed by atoms with Gasteiger partial charge in [0.05, 0.1) is 23.2 Å². The number of benzene rings is 1. The van der Waals surface area contributed by atoms with Gasteiger partial charge in [-0.25, -0.2) is 12.8 Å². The number of hydrogen-bond acceptors (Lipinski definition) is 4. The number of fused-ring (bicyclic) bond motifs is 1. The standard InChI is InChI=1S/C16H19FN2O3S2/c1-16(2,3)14(20)18-15-19(11-7-5-4-6-10(11)17)12-8-24(21,22)9-13(12)23-15/h4-7,12-13H,8-9H2,1-3H3/t12-,13-/m1/s1. The smallest absolute Gasteiger partial charge is 0.253 e. The zero-order valence-corrected chi connectivity index (χ0v) is 15.3. The molecule has 1 aromatic rings. The van der Waals surface area contributed by atoms with E-state index in [1.165, 1.54) is 17.8 Å². The van der Waals surface area contributed by atoms with Gasteiger partial charge in [0, 0.05) is 10.7 Å². The molecule has 0 aliphatic carbocycles. The van der Waals surface area contributed by atoms with Crippen LogP contribution < -0.4 is 4.90 Å². The number of halogens is 1. The average molecular weight is 370 g/mol. The van der Waals surface area contributed by atoms with E-state index in [1.54, 1.807) is 43.9 Å². The molecule has 5 nitrogen and oxygen atoms in total. The summed E-state index contributed by atoms with van der Waals surface area (Å²) in [5.74, 6) is -0.800. The fourth-order valence-corrected chi connectivity index (χ4v) is 6.65. The van der Waals surface area contributed by atoms with Crippen molar-refractivity contribution in [3.05, 3.63) is 30.1 Å². The van der Waals surface area contributed by atoms with Crippen molar-refractivity contribution in [3.8, 4) is 0 Å². The Morgan fingerprint density at radius 3 is 2.58 bits per heavy atom. The Balaban J connectivity index is 2.05. The van der Waals surface area contributed by atoms with Gasteiger partial charge in [0.15, 0.2) is 15.0 Å². The minimum Gasteiger partial charge on any atom is -0.313 e. The third kappa shape index (κ3) is 3.21. The lowest BCUT2D eigenvalue weighted by Gasteiger charge is -2.25. The Morgan fingerprint density at radius 2 is 1.96 bits per heavy atom. The van der Waals surface area contributed by atoms with Gasteiger partial charge in [-0.2, -0.15) is 4.99 Å². The molecule has 8 heteroatoms. The van der Waals surface area contributed by atoms with Gasteiger partial charge in [-0.05, 0) is 12.1 Å². The third-order valence-corrected chi connectivity index (χ3v) is 7.23. The molecule has 0 aromatic heterocycles. The van der Waals surface area contributed by atoms with Gasteiger partial charge in [0.2, 0.25) is 0 Å². The van der Waals surface area contributed by atoms with Gasteiger partial charge in [0.1, 0.15) is 5.82 Å². The normalized spacial score (nSPS) is 27.5. The number of aliphatic imine (C=N–C) groups is 1. The van der Waals surface area contributed by atoms with E-state index in [2.05, 4.69) is 4.99 Å². The molecule has 24 heavy (non-hydrogen) atoms. The summed E-state index contributed by atoms with van der Waals surface area (Å²) in [4.78, 5) is 18.1. The number of amides is 1. The van der Waals surface area contributed by atoms with Gasteiger partial charge in [0.25, 0.3) is 5.91 Å². The van der Waals surface area contributed by atoms with Crippen LogP contribution in [0.15, 0.2) is 29.3 Å². The zero-order valence-electron chi connectivity index (χ0n) is 13.7. The number of rotatable bonds is 1. The fourth-order valence-electron chi connectivity index (χ4n) is 2.75. The Labute approximate surface area is 145 Å². The van der Waals surface area contributed by atoms with Crippen LogP contribution >= 0.6 is 11.8 Å². The third-order valence-electron chi connectivity index (χ3n) is 4.02. The first-order valence-electron chi connectivity index (χ1n) is 7.62. The second kappa shape index (κ2) is 5.84. The summed E-state index contributed by atoms with van der Waals surface area (Å²) in [5.41, 5.74) is -0.395. The molecule has 2 aliphatic rings. The number of nitrogens with zero attached hydrogens (tertiary/aromatic N) is 2. The summed E-state index contributed by atoms with van der Waals surface area (Å²) >= 11 is 1.25. The van der Waals surface area contributed by atoms with Crippen molar-refractivity contribution >= 4 is 38.4 Å². The number of anilines is 1. The molecule has 2 fully saturated rings. The van der Waals surface area contributed by atoms with Gasteiger partial charge < -0.3 is 4.90 Å². The predicted molar refractivity (Wildman–Crippen MR) is 94.6 cm³/mol. The van der Waals surface area contributed by atoms with Crippen molar-refractivity contribution in [2.24, 2.45) is 10.4 Å². The Bertz CT molecular complexity index is 815. The van der Waals surface area contributed by atoms with E-state index in [0.29, 0.717) is 5.17 Å². The summed E-state index contributed by atoms with van der Waals surface area (Å²) in [5, 5.41) is 0.144. The Morgan fingerprint density at radius 1 is 1.29 bits per heavy atom. The van der Waals surface area contributed by atoms with Crippen molar-refractivity contribution < 1.29 is 17.6 Å². The number of amidine groups is 1. The van der Waals surface area contributed by atoms with Crippen molar-refractivity contribution in [3.63, 3.8) is 0 Å². The Hall–Kier alpha value is -1.41. The molecule has 2 saturated heterocycles. The van der Waals surface area contributed by atoms with Crippen LogP contribution in [-0.4, -0.2) is 42.3 Å². The molecule has 130 valence electrons. The highest BCUT2D eigenvalue weighted by Crippen LogP contribution is 2.41. The van der Waals surface area contributed by atoms with Crippen molar-refractivity contribution in [1.29, 1.82) is 0 Å². The molecular formula is C16H19FN2O3S2. The molecule has 1 amide bonds. The molecule has 0 saturated carbocycles. The van der Waals surface area contributed by atoms with Crippen LogP contribution in [0.2, 0.25) is 0 Å². The number of para-hydroxylation sites is 1. The highest BCUT2D eigenvalue weighted by Gasteiger charge is 2.50. The van der Waals surface area contributed by atoms with Crippen LogP contribution in [-0.2, 0) is 14.6 Å². The fraction of sp³-hybridized carbons (Fsp3) is 0.500. The average Bonchev–Trinajstić information content (AvgIpc) is 2.90. The monoisotopic (exact) mass is 370 g/mol. The number of hydrogen-bond donors (Lipinski definition) is 0. The maximum absolute atomic E-state index is 14.3. The van der Waals surface area contributed by atoms with Crippen LogP contribution in [0, 0.1) is 11.2 Å². The molecule has 1 aromatic carbocycles. The lowest BCUT2D eigenvalue weighted by Crippen LogP contribution is -2.38. The molecule has 0 radical (unpaired) electrons. The van der Waals surface area contributed by atoms with Crippen molar-refractivity contribution in [2.45, 2.75) is 32.1 Å². The van der Waals surface area contributed by atoms with Gasteiger partial charge in [-0.1, -0.05) is 44.7 Å². The highest BCUT2D eigenvalue weighted by atomic mass is 32.2. The molecular weight excluding hydrogens is 351 g/mol. The van der Waals surface area contributed by atoms with Crippen LogP contribution in [0.4, 0.5) is 10.1 Å². The molecule has 0 unspecified atom stereocenters. The summed E-state index contributed by atoms with van der Waals surface area (Å²) in [7, 11) is -3.16. The molecule has 2 atom stereocenters. The van der Waals surface area contributed by atoms with Gasteiger partial charge >= 0.3 is 0 Å². The first-order valence-corrected chi connectivity index (χ1v) is 10.3. The lowest BCUT2D eigenvalue weighted by atomic mass is 9.96. The lowest BCUT2D eigenvalue weighted by molar-refractivity contribution is -0.124.